The Morgan fingerprint density at radius 2 is 2.08 bits per heavy atom. The standard InChI is InChI=1S/C21H30ClN3O/c1-6-8-10-18(23-13-9-7-2)20-15(3)25(4)21(24-20)17-14-16(22)11-12-19(17)26-5/h10-12,14,23H,6-9,13H2,1-5H3/b18-10-. The average Bonchev–Trinajstić information content (AvgIpc) is 2.93. The van der Waals surface area contributed by atoms with Gasteiger partial charge in [0.05, 0.1) is 18.4 Å². The Kier molecular flexibility index (Phi) is 7.58. The van der Waals surface area contributed by atoms with E-state index in [1.807, 2.05) is 25.2 Å². The summed E-state index contributed by atoms with van der Waals surface area (Å²) in [6, 6.07) is 5.63. The van der Waals surface area contributed by atoms with Crippen LogP contribution in [0.3, 0.4) is 0 Å². The number of aromatic nitrogens is 2. The fourth-order valence-electron chi connectivity index (χ4n) is 2.87. The zero-order valence-corrected chi connectivity index (χ0v) is 17.3. The summed E-state index contributed by atoms with van der Waals surface area (Å²) in [5.41, 5.74) is 4.13. The molecule has 1 aromatic heterocycles. The molecule has 0 saturated heterocycles. The van der Waals surface area contributed by atoms with Crippen molar-refractivity contribution in [2.75, 3.05) is 13.7 Å². The molecule has 5 heteroatoms. The summed E-state index contributed by atoms with van der Waals surface area (Å²) < 4.78 is 7.62. The van der Waals surface area contributed by atoms with Crippen LogP contribution in [-0.4, -0.2) is 23.2 Å². The summed E-state index contributed by atoms with van der Waals surface area (Å²) in [7, 11) is 3.70. The fourth-order valence-corrected chi connectivity index (χ4v) is 3.04. The van der Waals surface area contributed by atoms with Gasteiger partial charge in [-0.05, 0) is 38.0 Å². The van der Waals surface area contributed by atoms with Crippen molar-refractivity contribution in [1.29, 1.82) is 0 Å². The molecular formula is C21H30ClN3O. The number of hydrogen-bond donors (Lipinski definition) is 1. The lowest BCUT2D eigenvalue weighted by atomic mass is 10.2. The van der Waals surface area contributed by atoms with Crippen molar-refractivity contribution in [3.05, 3.63) is 40.7 Å². The number of ether oxygens (including phenoxy) is 1. The second kappa shape index (κ2) is 9.67. The monoisotopic (exact) mass is 375 g/mol. The van der Waals surface area contributed by atoms with Crippen LogP contribution in [-0.2, 0) is 7.05 Å². The third-order valence-electron chi connectivity index (χ3n) is 4.52. The van der Waals surface area contributed by atoms with Gasteiger partial charge in [-0.2, -0.15) is 0 Å². The van der Waals surface area contributed by atoms with Gasteiger partial charge in [-0.3, -0.25) is 0 Å². The molecule has 26 heavy (non-hydrogen) atoms. The van der Waals surface area contributed by atoms with Gasteiger partial charge in [0.25, 0.3) is 0 Å². The molecule has 2 aromatic rings. The molecule has 0 amide bonds. The van der Waals surface area contributed by atoms with E-state index in [0.717, 1.165) is 60.0 Å². The van der Waals surface area contributed by atoms with Crippen LogP contribution in [0.4, 0.5) is 0 Å². The van der Waals surface area contributed by atoms with E-state index in [0.29, 0.717) is 5.02 Å². The Labute approximate surface area is 162 Å². The largest absolute Gasteiger partial charge is 0.496 e. The van der Waals surface area contributed by atoms with E-state index in [1.165, 1.54) is 6.42 Å². The van der Waals surface area contributed by atoms with Gasteiger partial charge in [0.2, 0.25) is 0 Å². The number of allylic oxidation sites excluding steroid dienone is 1. The molecule has 0 fully saturated rings. The van der Waals surface area contributed by atoms with Crippen molar-refractivity contribution in [2.45, 2.75) is 46.5 Å². The SMILES string of the molecule is CCC/C=C(\NCCCC)c1nc(-c2cc(Cl)ccc2OC)n(C)c1C. The quantitative estimate of drug-likeness (QED) is 0.581. The van der Waals surface area contributed by atoms with Crippen LogP contribution < -0.4 is 10.1 Å². The molecule has 0 aliphatic rings. The first-order valence-corrected chi connectivity index (χ1v) is 9.72. The van der Waals surface area contributed by atoms with E-state index in [2.05, 4.69) is 36.7 Å². The smallest absolute Gasteiger partial charge is 0.144 e. The van der Waals surface area contributed by atoms with Crippen molar-refractivity contribution < 1.29 is 4.74 Å². The van der Waals surface area contributed by atoms with Gasteiger partial charge in [-0.1, -0.05) is 44.4 Å². The van der Waals surface area contributed by atoms with Gasteiger partial charge in [0.1, 0.15) is 17.3 Å². The zero-order chi connectivity index (χ0) is 19.1. The van der Waals surface area contributed by atoms with Crippen LogP contribution in [0.2, 0.25) is 5.02 Å². The summed E-state index contributed by atoms with van der Waals surface area (Å²) in [4.78, 5) is 4.95. The topological polar surface area (TPSA) is 39.1 Å². The van der Waals surface area contributed by atoms with Gasteiger partial charge >= 0.3 is 0 Å². The Bertz CT molecular complexity index is 765. The minimum absolute atomic E-state index is 0.672. The number of nitrogens with zero attached hydrogens (tertiary/aromatic N) is 2. The van der Waals surface area contributed by atoms with Crippen LogP contribution in [0, 0.1) is 6.92 Å². The first-order chi connectivity index (χ1) is 12.5. The van der Waals surface area contributed by atoms with E-state index >= 15 is 0 Å². The first kappa shape index (κ1) is 20.4. The second-order valence-electron chi connectivity index (χ2n) is 6.46. The van der Waals surface area contributed by atoms with E-state index in [-0.39, 0.29) is 0 Å². The van der Waals surface area contributed by atoms with Crippen LogP contribution in [0.15, 0.2) is 24.3 Å². The van der Waals surface area contributed by atoms with Crippen LogP contribution in [0.1, 0.15) is 50.9 Å². The predicted molar refractivity (Wildman–Crippen MR) is 111 cm³/mol. The minimum Gasteiger partial charge on any atom is -0.496 e. The molecule has 0 aliphatic heterocycles. The maximum absolute atomic E-state index is 6.22. The second-order valence-corrected chi connectivity index (χ2v) is 6.90. The number of methoxy groups -OCH3 is 1. The normalized spacial score (nSPS) is 11.7. The Balaban J connectivity index is 2.49. The molecule has 0 spiro atoms. The van der Waals surface area contributed by atoms with E-state index < -0.39 is 0 Å². The summed E-state index contributed by atoms with van der Waals surface area (Å²) in [6.45, 7) is 7.45. The summed E-state index contributed by atoms with van der Waals surface area (Å²) in [5.74, 6) is 1.63. The maximum Gasteiger partial charge on any atom is 0.144 e. The third-order valence-corrected chi connectivity index (χ3v) is 4.76. The molecule has 4 nitrogen and oxygen atoms in total. The Hall–Kier alpha value is -1.94. The highest BCUT2D eigenvalue weighted by atomic mass is 35.5. The van der Waals surface area contributed by atoms with Gasteiger partial charge < -0.3 is 14.6 Å². The summed E-state index contributed by atoms with van der Waals surface area (Å²) >= 11 is 6.22. The highest BCUT2D eigenvalue weighted by Crippen LogP contribution is 2.33. The third kappa shape index (κ3) is 4.61. The molecule has 0 radical (unpaired) electrons. The molecule has 0 aliphatic carbocycles. The molecule has 1 aromatic carbocycles. The van der Waals surface area contributed by atoms with E-state index in [1.54, 1.807) is 7.11 Å². The predicted octanol–water partition coefficient (Wildman–Crippen LogP) is 5.59. The molecule has 0 atom stereocenters. The fraction of sp³-hybridized carbons (Fsp3) is 0.476. The molecular weight excluding hydrogens is 346 g/mol. The zero-order valence-electron chi connectivity index (χ0n) is 16.5. The highest BCUT2D eigenvalue weighted by molar-refractivity contribution is 6.30. The minimum atomic E-state index is 0.672. The summed E-state index contributed by atoms with van der Waals surface area (Å²) in [5, 5.41) is 4.24. The number of nitrogens with one attached hydrogen (secondary N) is 1. The lowest BCUT2D eigenvalue weighted by Gasteiger charge is -2.10. The van der Waals surface area contributed by atoms with Crippen molar-refractivity contribution >= 4 is 17.3 Å². The number of unbranched alkanes of at least 4 members (excludes halogenated alkanes) is 2. The van der Waals surface area contributed by atoms with E-state index in [4.69, 9.17) is 21.3 Å². The van der Waals surface area contributed by atoms with Gasteiger partial charge in [0, 0.05) is 24.3 Å². The van der Waals surface area contributed by atoms with Crippen molar-refractivity contribution in [2.24, 2.45) is 7.05 Å². The molecule has 2 rings (SSSR count). The Morgan fingerprint density at radius 1 is 1.31 bits per heavy atom. The van der Waals surface area contributed by atoms with Crippen LogP contribution in [0.5, 0.6) is 5.75 Å². The lowest BCUT2D eigenvalue weighted by molar-refractivity contribution is 0.416. The summed E-state index contributed by atoms with van der Waals surface area (Å²) in [6.07, 6.45) is 6.70. The number of benzene rings is 1. The van der Waals surface area contributed by atoms with Crippen LogP contribution >= 0.6 is 11.6 Å². The van der Waals surface area contributed by atoms with Gasteiger partial charge in [-0.15, -0.1) is 0 Å². The van der Waals surface area contributed by atoms with E-state index in [9.17, 15) is 0 Å². The number of hydrogen-bond acceptors (Lipinski definition) is 3. The van der Waals surface area contributed by atoms with Crippen LogP contribution in [0.25, 0.3) is 17.1 Å². The average molecular weight is 376 g/mol. The van der Waals surface area contributed by atoms with Gasteiger partial charge in [0.15, 0.2) is 0 Å². The highest BCUT2D eigenvalue weighted by Gasteiger charge is 2.19. The molecule has 1 N–H and O–H groups in total. The number of rotatable bonds is 9. The first-order valence-electron chi connectivity index (χ1n) is 9.35. The Morgan fingerprint density at radius 3 is 2.73 bits per heavy atom. The number of halogens is 1. The molecule has 0 saturated carbocycles. The molecule has 1 heterocycles. The van der Waals surface area contributed by atoms with Gasteiger partial charge in [-0.25, -0.2) is 4.98 Å². The van der Waals surface area contributed by atoms with Crippen molar-refractivity contribution in [3.8, 4) is 17.1 Å². The van der Waals surface area contributed by atoms with Crippen molar-refractivity contribution in [1.82, 2.24) is 14.9 Å². The van der Waals surface area contributed by atoms with Crippen molar-refractivity contribution in [3.63, 3.8) is 0 Å². The maximum atomic E-state index is 6.22. The molecule has 0 bridgehead atoms. The lowest BCUT2D eigenvalue weighted by Crippen LogP contribution is -2.15. The molecule has 142 valence electrons. The number of imidazole rings is 1. The molecule has 0 unspecified atom stereocenters.